The van der Waals surface area contributed by atoms with Gasteiger partial charge in [-0.2, -0.15) is 0 Å². The minimum Gasteiger partial charge on any atom is -0.377 e. The second-order valence-electron chi connectivity index (χ2n) is 18.5. The zero-order chi connectivity index (χ0) is 44.0. The van der Waals surface area contributed by atoms with Crippen LogP contribution in [0.4, 0.5) is 0 Å². The number of hydrogen-bond donors (Lipinski definition) is 0. The number of allylic oxidation sites excluding steroid dienone is 2. The Labute approximate surface area is 366 Å². The maximum atomic E-state index is 12.8. The van der Waals surface area contributed by atoms with Crippen molar-refractivity contribution in [3.8, 4) is 0 Å². The summed E-state index contributed by atoms with van der Waals surface area (Å²) < 4.78 is 29.8. The Balaban J connectivity index is 3.96. The van der Waals surface area contributed by atoms with Gasteiger partial charge in [0.05, 0.1) is 50.8 Å². The molecule has 0 N–H and O–H groups in total. The zero-order valence-electron chi connectivity index (χ0n) is 40.7. The summed E-state index contributed by atoms with van der Waals surface area (Å²) in [5, 5.41) is 0. The molecule has 0 spiro atoms. The van der Waals surface area contributed by atoms with Gasteiger partial charge < -0.3 is 23.7 Å². The van der Waals surface area contributed by atoms with Crippen LogP contribution in [0.25, 0.3) is 0 Å². The minimum atomic E-state index is -0.816. The van der Waals surface area contributed by atoms with Gasteiger partial charge in [0.1, 0.15) is 11.2 Å². The molecule has 7 heteroatoms. The van der Waals surface area contributed by atoms with Gasteiger partial charge in [0, 0.05) is 12.8 Å². The number of Topliss-reactive ketones (excluding diaryl/α,β-unsaturated/α-hetero) is 2. The summed E-state index contributed by atoms with van der Waals surface area (Å²) in [7, 11) is 0. The van der Waals surface area contributed by atoms with Gasteiger partial charge in [-0.15, -0.1) is 0 Å². The number of rotatable bonds is 44. The van der Waals surface area contributed by atoms with E-state index in [2.05, 4.69) is 65.8 Å². The van der Waals surface area contributed by atoms with Crippen LogP contribution in [0.2, 0.25) is 0 Å². The molecule has 2 atom stereocenters. The van der Waals surface area contributed by atoms with Crippen molar-refractivity contribution in [3.63, 3.8) is 0 Å². The molecular formula is C52H98O7. The summed E-state index contributed by atoms with van der Waals surface area (Å²) >= 11 is 0. The lowest BCUT2D eigenvalue weighted by atomic mass is 9.97. The monoisotopic (exact) mass is 835 g/mol. The van der Waals surface area contributed by atoms with Gasteiger partial charge in [0.2, 0.25) is 0 Å². The molecule has 0 saturated carbocycles. The fraction of sp³-hybridized carbons (Fsp3) is 0.885. The largest absolute Gasteiger partial charge is 0.377 e. The predicted octanol–water partition coefficient (Wildman–Crippen LogP) is 14.6. The number of hydrogen-bond acceptors (Lipinski definition) is 7. The Morgan fingerprint density at radius 3 is 1.19 bits per heavy atom. The zero-order valence-corrected chi connectivity index (χ0v) is 40.7. The number of carbonyl (C=O) groups is 2. The van der Waals surface area contributed by atoms with E-state index in [1.807, 2.05) is 27.7 Å². The molecule has 0 radical (unpaired) electrons. The van der Waals surface area contributed by atoms with Crippen LogP contribution in [-0.2, 0) is 33.3 Å². The SMILES string of the molecule is CCCCCCC(CC=CCCCCCCCC(=O)C(C)(C)OCCOCCOC(C)(C)C(=O)CCCCCCCC=CCC(CCCCCC)OC(C)C)OC(C)C. The van der Waals surface area contributed by atoms with Crippen molar-refractivity contribution in [3.05, 3.63) is 24.3 Å². The summed E-state index contributed by atoms with van der Waals surface area (Å²) in [4.78, 5) is 25.7. The van der Waals surface area contributed by atoms with Crippen molar-refractivity contribution < 1.29 is 33.3 Å². The van der Waals surface area contributed by atoms with E-state index in [0.717, 1.165) is 77.0 Å². The summed E-state index contributed by atoms with van der Waals surface area (Å²) in [5.41, 5.74) is -1.63. The van der Waals surface area contributed by atoms with Gasteiger partial charge >= 0.3 is 0 Å². The van der Waals surface area contributed by atoms with Crippen LogP contribution in [0, 0.1) is 0 Å². The Morgan fingerprint density at radius 1 is 0.458 bits per heavy atom. The molecule has 2 unspecified atom stereocenters. The Bertz CT molecular complexity index is 950. The van der Waals surface area contributed by atoms with Gasteiger partial charge in [-0.05, 0) is 120 Å². The molecule has 0 bridgehead atoms. The fourth-order valence-corrected chi connectivity index (χ4v) is 7.31. The average Bonchev–Trinajstić information content (AvgIpc) is 3.18. The van der Waals surface area contributed by atoms with Gasteiger partial charge in [-0.25, -0.2) is 0 Å². The van der Waals surface area contributed by atoms with Crippen LogP contribution < -0.4 is 0 Å². The molecule has 0 aromatic heterocycles. The smallest absolute Gasteiger partial charge is 0.164 e. The van der Waals surface area contributed by atoms with Crippen molar-refractivity contribution in [1.29, 1.82) is 0 Å². The number of carbonyl (C=O) groups excluding carboxylic acids is 2. The molecule has 0 heterocycles. The minimum absolute atomic E-state index is 0.147. The lowest BCUT2D eigenvalue weighted by molar-refractivity contribution is -0.145. The number of ether oxygens (including phenoxy) is 5. The summed E-state index contributed by atoms with van der Waals surface area (Å²) in [5.74, 6) is 0.295. The van der Waals surface area contributed by atoms with E-state index in [-0.39, 0.29) is 23.8 Å². The van der Waals surface area contributed by atoms with Crippen molar-refractivity contribution in [2.75, 3.05) is 26.4 Å². The maximum Gasteiger partial charge on any atom is 0.164 e. The molecule has 0 aliphatic rings. The van der Waals surface area contributed by atoms with Crippen LogP contribution in [0.5, 0.6) is 0 Å². The van der Waals surface area contributed by atoms with Crippen molar-refractivity contribution in [1.82, 2.24) is 0 Å². The third-order valence-electron chi connectivity index (χ3n) is 11.1. The summed E-state index contributed by atoms with van der Waals surface area (Å²) in [6, 6.07) is 0. The molecule has 0 aromatic carbocycles. The van der Waals surface area contributed by atoms with Crippen molar-refractivity contribution in [2.45, 2.75) is 272 Å². The normalized spacial score (nSPS) is 13.8. The highest BCUT2D eigenvalue weighted by molar-refractivity contribution is 5.86. The molecule has 0 aliphatic carbocycles. The summed E-state index contributed by atoms with van der Waals surface area (Å²) in [6.07, 6.45) is 39.6. The lowest BCUT2D eigenvalue weighted by Gasteiger charge is -2.25. The first kappa shape index (κ1) is 57.6. The van der Waals surface area contributed by atoms with Gasteiger partial charge in [0.15, 0.2) is 11.6 Å². The van der Waals surface area contributed by atoms with E-state index >= 15 is 0 Å². The van der Waals surface area contributed by atoms with Crippen molar-refractivity contribution >= 4 is 11.6 Å². The first-order valence-corrected chi connectivity index (χ1v) is 24.8. The Kier molecular flexibility index (Phi) is 37.4. The molecule has 0 saturated heterocycles. The lowest BCUT2D eigenvalue weighted by Crippen LogP contribution is -2.37. The second kappa shape index (κ2) is 38.3. The average molecular weight is 835 g/mol. The van der Waals surface area contributed by atoms with Crippen LogP contribution >= 0.6 is 0 Å². The van der Waals surface area contributed by atoms with E-state index in [4.69, 9.17) is 23.7 Å². The van der Waals surface area contributed by atoms with Crippen LogP contribution in [-0.4, -0.2) is 73.6 Å². The third kappa shape index (κ3) is 35.9. The maximum absolute atomic E-state index is 12.8. The second-order valence-corrected chi connectivity index (χ2v) is 18.5. The molecule has 59 heavy (non-hydrogen) atoms. The fourth-order valence-electron chi connectivity index (χ4n) is 7.31. The molecule has 0 fully saturated rings. The highest BCUT2D eigenvalue weighted by Crippen LogP contribution is 2.20. The van der Waals surface area contributed by atoms with Gasteiger partial charge in [-0.3, -0.25) is 9.59 Å². The van der Waals surface area contributed by atoms with Crippen LogP contribution in [0.3, 0.4) is 0 Å². The van der Waals surface area contributed by atoms with E-state index in [9.17, 15) is 9.59 Å². The Hall–Kier alpha value is -1.38. The topological polar surface area (TPSA) is 80.3 Å². The molecule has 0 amide bonds. The van der Waals surface area contributed by atoms with E-state index < -0.39 is 11.2 Å². The number of ketones is 2. The molecule has 0 aliphatic heterocycles. The van der Waals surface area contributed by atoms with E-state index in [1.165, 1.54) is 77.0 Å². The molecule has 348 valence electrons. The van der Waals surface area contributed by atoms with Crippen LogP contribution in [0.15, 0.2) is 24.3 Å². The van der Waals surface area contributed by atoms with E-state index in [0.29, 0.717) is 51.5 Å². The quantitative estimate of drug-likeness (QED) is 0.0447. The van der Waals surface area contributed by atoms with Gasteiger partial charge in [0.25, 0.3) is 0 Å². The first-order chi connectivity index (χ1) is 28.2. The third-order valence-corrected chi connectivity index (χ3v) is 11.1. The first-order valence-electron chi connectivity index (χ1n) is 24.8. The molecule has 0 rings (SSSR count). The molecule has 0 aromatic rings. The van der Waals surface area contributed by atoms with Crippen LogP contribution in [0.1, 0.15) is 236 Å². The molecule has 7 nitrogen and oxygen atoms in total. The van der Waals surface area contributed by atoms with E-state index in [1.54, 1.807) is 0 Å². The highest BCUT2D eigenvalue weighted by Gasteiger charge is 2.28. The molecular weight excluding hydrogens is 737 g/mol. The van der Waals surface area contributed by atoms with Gasteiger partial charge in [-0.1, -0.05) is 128 Å². The predicted molar refractivity (Wildman–Crippen MR) is 251 cm³/mol. The summed E-state index contributed by atoms with van der Waals surface area (Å²) in [6.45, 7) is 21.9. The number of unbranched alkanes of at least 4 members (excludes halogenated alkanes) is 16. The highest BCUT2D eigenvalue weighted by atomic mass is 16.6. The van der Waals surface area contributed by atoms with Crippen molar-refractivity contribution in [2.24, 2.45) is 0 Å². The standard InChI is InChI=1S/C52H98O7/c1-11-13-15-29-35-47(58-45(3)4)37-31-25-21-17-19-23-27-33-39-49(53)51(7,8)56-43-41-55-42-44-57-52(9,10)50(54)40-34-28-24-20-18-22-26-32-38-48(59-46(5)6)36-30-16-14-12-2/h25-26,31-32,45-48H,11-24,27-30,33-44H2,1-10H3. The Morgan fingerprint density at radius 2 is 0.814 bits per heavy atom.